The van der Waals surface area contributed by atoms with Crippen molar-refractivity contribution in [2.24, 2.45) is 0 Å². The van der Waals surface area contributed by atoms with Crippen LogP contribution >= 0.6 is 0 Å². The number of hydrogen-bond acceptors (Lipinski definition) is 3. The fraction of sp³-hybridized carbons (Fsp3) is 0.250. The molecule has 1 amide bonds. The maximum atomic E-state index is 12.5. The van der Waals surface area contributed by atoms with Crippen molar-refractivity contribution in [1.82, 2.24) is 4.98 Å². The lowest BCUT2D eigenvalue weighted by molar-refractivity contribution is 0.0984. The second kappa shape index (κ2) is 5.33. The van der Waals surface area contributed by atoms with E-state index in [1.807, 2.05) is 36.1 Å². The summed E-state index contributed by atoms with van der Waals surface area (Å²) in [5, 5.41) is 3.17. The molecule has 0 unspecified atom stereocenters. The van der Waals surface area contributed by atoms with Crippen LogP contribution in [0.25, 0.3) is 0 Å². The van der Waals surface area contributed by atoms with Crippen molar-refractivity contribution in [3.8, 4) is 0 Å². The molecule has 102 valence electrons. The molecule has 0 saturated heterocycles. The summed E-state index contributed by atoms with van der Waals surface area (Å²) in [6.07, 6.45) is 2.62. The third kappa shape index (κ3) is 2.25. The maximum Gasteiger partial charge on any atom is 0.276 e. The van der Waals surface area contributed by atoms with E-state index in [4.69, 9.17) is 0 Å². The Balaban J connectivity index is 1.83. The van der Waals surface area contributed by atoms with Gasteiger partial charge in [0, 0.05) is 18.8 Å². The highest BCUT2D eigenvalue weighted by molar-refractivity contribution is 6.06. The van der Waals surface area contributed by atoms with Gasteiger partial charge in [-0.05, 0) is 37.1 Å². The molecule has 2 heterocycles. The molecule has 0 aliphatic carbocycles. The third-order valence-electron chi connectivity index (χ3n) is 3.50. The standard InChI is InChI=1S/C16H17N3O/c1-2-17-13-7-8-14(18-11-13)16(20)19-10-9-12-5-3-4-6-15(12)19/h3-8,11,17H,2,9-10H2,1H3. The van der Waals surface area contributed by atoms with Crippen LogP contribution in [-0.2, 0) is 6.42 Å². The second-order valence-corrected chi connectivity index (χ2v) is 4.80. The molecule has 1 aromatic carbocycles. The minimum absolute atomic E-state index is 0.0296. The van der Waals surface area contributed by atoms with Crippen molar-refractivity contribution in [3.05, 3.63) is 53.9 Å². The minimum Gasteiger partial charge on any atom is -0.384 e. The first-order valence-electron chi connectivity index (χ1n) is 6.89. The molecule has 0 spiro atoms. The first-order chi connectivity index (χ1) is 9.79. The van der Waals surface area contributed by atoms with Crippen molar-refractivity contribution in [1.29, 1.82) is 0 Å². The van der Waals surface area contributed by atoms with Gasteiger partial charge < -0.3 is 10.2 Å². The Hall–Kier alpha value is -2.36. The molecule has 0 fully saturated rings. The molecular formula is C16H17N3O. The summed E-state index contributed by atoms with van der Waals surface area (Å²) < 4.78 is 0. The van der Waals surface area contributed by atoms with E-state index < -0.39 is 0 Å². The number of para-hydroxylation sites is 1. The van der Waals surface area contributed by atoms with Crippen LogP contribution in [0.15, 0.2) is 42.6 Å². The fourth-order valence-corrected chi connectivity index (χ4v) is 2.52. The predicted octanol–water partition coefficient (Wildman–Crippen LogP) is 2.72. The van der Waals surface area contributed by atoms with Crippen LogP contribution in [0.4, 0.5) is 11.4 Å². The van der Waals surface area contributed by atoms with E-state index in [1.165, 1.54) is 5.56 Å². The zero-order valence-electron chi connectivity index (χ0n) is 11.5. The monoisotopic (exact) mass is 267 g/mol. The number of carbonyl (C=O) groups excluding carboxylic acids is 1. The molecule has 20 heavy (non-hydrogen) atoms. The first-order valence-corrected chi connectivity index (χ1v) is 6.89. The lowest BCUT2D eigenvalue weighted by atomic mass is 10.2. The van der Waals surface area contributed by atoms with Gasteiger partial charge in [0.15, 0.2) is 0 Å². The van der Waals surface area contributed by atoms with Gasteiger partial charge in [-0.2, -0.15) is 0 Å². The van der Waals surface area contributed by atoms with E-state index in [0.29, 0.717) is 5.69 Å². The Labute approximate surface area is 118 Å². The predicted molar refractivity (Wildman–Crippen MR) is 80.2 cm³/mol. The van der Waals surface area contributed by atoms with Gasteiger partial charge >= 0.3 is 0 Å². The second-order valence-electron chi connectivity index (χ2n) is 4.80. The Morgan fingerprint density at radius 2 is 2.15 bits per heavy atom. The van der Waals surface area contributed by atoms with Crippen LogP contribution in [0.3, 0.4) is 0 Å². The SMILES string of the molecule is CCNc1ccc(C(=O)N2CCc3ccccc32)nc1. The number of nitrogens with one attached hydrogen (secondary N) is 1. The van der Waals surface area contributed by atoms with Crippen LogP contribution in [0, 0.1) is 0 Å². The molecule has 1 N–H and O–H groups in total. The Morgan fingerprint density at radius 1 is 1.30 bits per heavy atom. The summed E-state index contributed by atoms with van der Waals surface area (Å²) in [5.74, 6) is -0.0296. The molecule has 1 aromatic heterocycles. The normalized spacial score (nSPS) is 13.2. The van der Waals surface area contributed by atoms with E-state index in [9.17, 15) is 4.79 Å². The number of fused-ring (bicyclic) bond motifs is 1. The number of aromatic nitrogens is 1. The third-order valence-corrected chi connectivity index (χ3v) is 3.50. The van der Waals surface area contributed by atoms with Gasteiger partial charge in [-0.1, -0.05) is 18.2 Å². The molecule has 1 aliphatic heterocycles. The summed E-state index contributed by atoms with van der Waals surface area (Å²) in [5.41, 5.74) is 3.66. The summed E-state index contributed by atoms with van der Waals surface area (Å²) in [6.45, 7) is 3.60. The van der Waals surface area contributed by atoms with Gasteiger partial charge in [-0.25, -0.2) is 4.98 Å². The van der Waals surface area contributed by atoms with Gasteiger partial charge in [0.1, 0.15) is 5.69 Å². The number of rotatable bonds is 3. The average Bonchev–Trinajstić information content (AvgIpc) is 2.92. The summed E-state index contributed by atoms with van der Waals surface area (Å²) in [6, 6.07) is 11.7. The lowest BCUT2D eigenvalue weighted by Crippen LogP contribution is -2.29. The van der Waals surface area contributed by atoms with E-state index in [-0.39, 0.29) is 5.91 Å². The van der Waals surface area contributed by atoms with Crippen molar-refractivity contribution >= 4 is 17.3 Å². The smallest absolute Gasteiger partial charge is 0.276 e. The van der Waals surface area contributed by atoms with E-state index in [1.54, 1.807) is 12.3 Å². The molecule has 2 aromatic rings. The fourth-order valence-electron chi connectivity index (χ4n) is 2.52. The van der Waals surface area contributed by atoms with Gasteiger partial charge in [0.25, 0.3) is 5.91 Å². The molecule has 4 heteroatoms. The topological polar surface area (TPSA) is 45.2 Å². The van der Waals surface area contributed by atoms with E-state index in [2.05, 4.69) is 16.4 Å². The minimum atomic E-state index is -0.0296. The summed E-state index contributed by atoms with van der Waals surface area (Å²) in [7, 11) is 0. The highest BCUT2D eigenvalue weighted by atomic mass is 16.2. The molecule has 3 rings (SSSR count). The number of hydrogen-bond donors (Lipinski definition) is 1. The number of anilines is 2. The van der Waals surface area contributed by atoms with Gasteiger partial charge in [-0.3, -0.25) is 4.79 Å². The molecule has 0 saturated carbocycles. The summed E-state index contributed by atoms with van der Waals surface area (Å²) >= 11 is 0. The lowest BCUT2D eigenvalue weighted by Gasteiger charge is -2.16. The van der Waals surface area contributed by atoms with Crippen molar-refractivity contribution < 1.29 is 4.79 Å². The Kier molecular flexibility index (Phi) is 3.37. The highest BCUT2D eigenvalue weighted by Gasteiger charge is 2.25. The van der Waals surface area contributed by atoms with Gasteiger partial charge in [0.05, 0.1) is 11.9 Å². The summed E-state index contributed by atoms with van der Waals surface area (Å²) in [4.78, 5) is 18.6. The molecule has 1 aliphatic rings. The van der Waals surface area contributed by atoms with Gasteiger partial charge in [-0.15, -0.1) is 0 Å². The van der Waals surface area contributed by atoms with Crippen LogP contribution in [-0.4, -0.2) is 24.0 Å². The number of benzene rings is 1. The van der Waals surface area contributed by atoms with Crippen LogP contribution in [0.5, 0.6) is 0 Å². The number of amides is 1. The van der Waals surface area contributed by atoms with Crippen molar-refractivity contribution in [3.63, 3.8) is 0 Å². The quantitative estimate of drug-likeness (QED) is 0.930. The van der Waals surface area contributed by atoms with Crippen LogP contribution in [0.2, 0.25) is 0 Å². The number of nitrogens with zero attached hydrogens (tertiary/aromatic N) is 2. The molecular weight excluding hydrogens is 250 g/mol. The van der Waals surface area contributed by atoms with Crippen molar-refractivity contribution in [2.75, 3.05) is 23.3 Å². The zero-order valence-corrected chi connectivity index (χ0v) is 11.5. The average molecular weight is 267 g/mol. The largest absolute Gasteiger partial charge is 0.384 e. The molecule has 4 nitrogen and oxygen atoms in total. The first kappa shape index (κ1) is 12.7. The highest BCUT2D eigenvalue weighted by Crippen LogP contribution is 2.28. The number of pyridine rings is 1. The Morgan fingerprint density at radius 3 is 2.90 bits per heavy atom. The van der Waals surface area contributed by atoms with Crippen molar-refractivity contribution in [2.45, 2.75) is 13.3 Å². The van der Waals surface area contributed by atoms with E-state index in [0.717, 1.165) is 30.9 Å². The Bertz CT molecular complexity index is 622. The molecule has 0 bridgehead atoms. The number of carbonyl (C=O) groups is 1. The van der Waals surface area contributed by atoms with Crippen LogP contribution in [0.1, 0.15) is 23.0 Å². The van der Waals surface area contributed by atoms with Gasteiger partial charge in [0.2, 0.25) is 0 Å². The molecule has 0 atom stereocenters. The maximum absolute atomic E-state index is 12.5. The van der Waals surface area contributed by atoms with E-state index >= 15 is 0 Å². The zero-order chi connectivity index (χ0) is 13.9. The molecule has 0 radical (unpaired) electrons. The van der Waals surface area contributed by atoms with Crippen LogP contribution < -0.4 is 10.2 Å².